The highest BCUT2D eigenvalue weighted by molar-refractivity contribution is 5.17. The highest BCUT2D eigenvalue weighted by Gasteiger charge is 2.26. The maximum atomic E-state index is 13.8. The van der Waals surface area contributed by atoms with Gasteiger partial charge in [0.15, 0.2) is 0 Å². The minimum Gasteiger partial charge on any atom is -0.396 e. The van der Waals surface area contributed by atoms with Gasteiger partial charge in [-0.3, -0.25) is 9.80 Å². The summed E-state index contributed by atoms with van der Waals surface area (Å²) in [5.74, 6) is -0.149. The minimum absolute atomic E-state index is 0.149. The van der Waals surface area contributed by atoms with Gasteiger partial charge in [-0.15, -0.1) is 0 Å². The molecular weight excluding hydrogens is 283 g/mol. The molecule has 124 valence electrons. The van der Waals surface area contributed by atoms with Crippen LogP contribution in [0.5, 0.6) is 0 Å². The normalized spacial score (nSPS) is 20.4. The first-order chi connectivity index (χ1) is 10.7. The number of hydrogen-bond acceptors (Lipinski definition) is 4. The van der Waals surface area contributed by atoms with E-state index in [0.717, 1.165) is 51.4 Å². The lowest BCUT2D eigenvalue weighted by Gasteiger charge is -2.41. The second-order valence-corrected chi connectivity index (χ2v) is 5.73. The molecule has 1 aromatic carbocycles. The predicted molar refractivity (Wildman–Crippen MR) is 85.2 cm³/mol. The van der Waals surface area contributed by atoms with Crippen LogP contribution in [-0.4, -0.2) is 66.9 Å². The highest BCUT2D eigenvalue weighted by atomic mass is 19.1. The number of benzene rings is 1. The van der Waals surface area contributed by atoms with Crippen LogP contribution in [0.2, 0.25) is 0 Å². The molecule has 1 atom stereocenters. The van der Waals surface area contributed by atoms with Crippen molar-refractivity contribution >= 4 is 0 Å². The summed E-state index contributed by atoms with van der Waals surface area (Å²) >= 11 is 0. The largest absolute Gasteiger partial charge is 0.396 e. The van der Waals surface area contributed by atoms with Gasteiger partial charge in [0, 0.05) is 57.5 Å². The number of ether oxygens (including phenoxy) is 1. The van der Waals surface area contributed by atoms with E-state index < -0.39 is 0 Å². The fourth-order valence-corrected chi connectivity index (χ4v) is 2.97. The summed E-state index contributed by atoms with van der Waals surface area (Å²) in [7, 11) is 0. The van der Waals surface area contributed by atoms with E-state index >= 15 is 0 Å². The summed E-state index contributed by atoms with van der Waals surface area (Å²) in [5.41, 5.74) is 0.730. The number of rotatable bonds is 8. The summed E-state index contributed by atoms with van der Waals surface area (Å²) in [6, 6.07) is 7.20. The van der Waals surface area contributed by atoms with Crippen molar-refractivity contribution in [3.05, 3.63) is 35.6 Å². The molecule has 4 nitrogen and oxygen atoms in total. The lowest BCUT2D eigenvalue weighted by atomic mass is 10.1. The van der Waals surface area contributed by atoms with Gasteiger partial charge in [0.05, 0.1) is 6.61 Å². The van der Waals surface area contributed by atoms with E-state index in [0.29, 0.717) is 6.54 Å². The fourth-order valence-electron chi connectivity index (χ4n) is 2.97. The summed E-state index contributed by atoms with van der Waals surface area (Å²) in [6.07, 6.45) is 0.722. The summed E-state index contributed by atoms with van der Waals surface area (Å²) in [6.45, 7) is 7.94. The minimum atomic E-state index is -0.149. The Balaban J connectivity index is 1.92. The molecule has 0 saturated carbocycles. The van der Waals surface area contributed by atoms with Crippen LogP contribution in [0.15, 0.2) is 24.3 Å². The highest BCUT2D eigenvalue weighted by Crippen LogP contribution is 2.18. The van der Waals surface area contributed by atoms with Gasteiger partial charge in [-0.1, -0.05) is 18.2 Å². The van der Waals surface area contributed by atoms with Crippen molar-refractivity contribution in [2.45, 2.75) is 25.9 Å². The molecule has 1 fully saturated rings. The van der Waals surface area contributed by atoms with Crippen LogP contribution in [0.25, 0.3) is 0 Å². The molecule has 1 heterocycles. The molecular formula is C17H27FN2O2. The molecule has 5 heteroatoms. The molecule has 1 aliphatic heterocycles. The van der Waals surface area contributed by atoms with Gasteiger partial charge < -0.3 is 9.84 Å². The van der Waals surface area contributed by atoms with Crippen molar-refractivity contribution in [2.75, 3.05) is 46.0 Å². The first-order valence-electron chi connectivity index (χ1n) is 8.13. The third-order valence-corrected chi connectivity index (χ3v) is 4.24. The molecule has 0 unspecified atom stereocenters. The molecule has 0 bridgehead atoms. The molecule has 0 aromatic heterocycles. The Bertz CT molecular complexity index is 444. The van der Waals surface area contributed by atoms with Crippen LogP contribution in [0, 0.1) is 5.82 Å². The third-order valence-electron chi connectivity index (χ3n) is 4.24. The van der Waals surface area contributed by atoms with Gasteiger partial charge >= 0.3 is 0 Å². The Morgan fingerprint density at radius 2 is 2.14 bits per heavy atom. The summed E-state index contributed by atoms with van der Waals surface area (Å²) in [5, 5.41) is 9.31. The number of halogens is 1. The Labute approximate surface area is 132 Å². The zero-order valence-corrected chi connectivity index (χ0v) is 13.4. The number of nitrogens with zero attached hydrogens (tertiary/aromatic N) is 2. The van der Waals surface area contributed by atoms with E-state index in [9.17, 15) is 9.50 Å². The van der Waals surface area contributed by atoms with Gasteiger partial charge in [0.1, 0.15) is 5.82 Å². The molecule has 0 spiro atoms. The molecule has 22 heavy (non-hydrogen) atoms. The first-order valence-corrected chi connectivity index (χ1v) is 8.13. The van der Waals surface area contributed by atoms with Gasteiger partial charge in [-0.2, -0.15) is 0 Å². The maximum absolute atomic E-state index is 13.8. The first kappa shape index (κ1) is 17.3. The maximum Gasteiger partial charge on any atom is 0.127 e. The Morgan fingerprint density at radius 1 is 1.32 bits per heavy atom. The zero-order chi connectivity index (χ0) is 15.8. The van der Waals surface area contributed by atoms with Crippen LogP contribution in [-0.2, 0) is 11.3 Å². The van der Waals surface area contributed by atoms with Gasteiger partial charge in [0.2, 0.25) is 0 Å². The van der Waals surface area contributed by atoms with Crippen molar-refractivity contribution < 1.29 is 14.2 Å². The average molecular weight is 310 g/mol. The van der Waals surface area contributed by atoms with Crippen molar-refractivity contribution in [3.8, 4) is 0 Å². The van der Waals surface area contributed by atoms with Crippen molar-refractivity contribution in [1.82, 2.24) is 9.80 Å². The zero-order valence-electron chi connectivity index (χ0n) is 13.4. The SMILES string of the molecule is CCOCCN1CCN(Cc2ccccc2F)[C@@H](CCO)C1. The molecule has 0 aliphatic carbocycles. The van der Waals surface area contributed by atoms with Crippen LogP contribution in [0.1, 0.15) is 18.9 Å². The van der Waals surface area contributed by atoms with Gasteiger partial charge in [-0.25, -0.2) is 4.39 Å². The van der Waals surface area contributed by atoms with E-state index in [1.165, 1.54) is 6.07 Å². The summed E-state index contributed by atoms with van der Waals surface area (Å²) < 4.78 is 19.3. The molecule has 2 rings (SSSR count). The van der Waals surface area contributed by atoms with Crippen LogP contribution in [0.4, 0.5) is 4.39 Å². The standard InChI is InChI=1S/C17H27FN2O2/c1-2-22-12-10-19-8-9-20(16(14-19)7-11-21)13-15-5-3-4-6-17(15)18/h3-6,16,21H,2,7-14H2,1H3/t16-/m0/s1. The quantitative estimate of drug-likeness (QED) is 0.742. The van der Waals surface area contributed by atoms with Crippen LogP contribution >= 0.6 is 0 Å². The average Bonchev–Trinajstić information content (AvgIpc) is 2.52. The molecule has 0 amide bonds. The van der Waals surface area contributed by atoms with E-state index in [2.05, 4.69) is 9.80 Å². The molecule has 1 saturated heterocycles. The Kier molecular flexibility index (Phi) is 7.25. The van der Waals surface area contributed by atoms with E-state index in [1.54, 1.807) is 6.07 Å². The monoisotopic (exact) mass is 310 g/mol. The van der Waals surface area contributed by atoms with Crippen molar-refractivity contribution in [2.24, 2.45) is 0 Å². The van der Waals surface area contributed by atoms with E-state index in [4.69, 9.17) is 4.74 Å². The molecule has 1 N–H and O–H groups in total. The van der Waals surface area contributed by atoms with Gasteiger partial charge in [-0.05, 0) is 19.4 Å². The fraction of sp³-hybridized carbons (Fsp3) is 0.647. The van der Waals surface area contributed by atoms with Gasteiger partial charge in [0.25, 0.3) is 0 Å². The molecule has 0 radical (unpaired) electrons. The topological polar surface area (TPSA) is 35.9 Å². The Hall–Kier alpha value is -1.01. The molecule has 1 aliphatic rings. The summed E-state index contributed by atoms with van der Waals surface area (Å²) in [4.78, 5) is 4.65. The number of piperazine rings is 1. The second-order valence-electron chi connectivity index (χ2n) is 5.73. The number of aliphatic hydroxyl groups is 1. The van der Waals surface area contributed by atoms with E-state index in [-0.39, 0.29) is 18.5 Å². The smallest absolute Gasteiger partial charge is 0.127 e. The Morgan fingerprint density at radius 3 is 2.86 bits per heavy atom. The van der Waals surface area contributed by atoms with Crippen LogP contribution < -0.4 is 0 Å². The lowest BCUT2D eigenvalue weighted by molar-refractivity contribution is 0.0342. The van der Waals surface area contributed by atoms with Crippen molar-refractivity contribution in [3.63, 3.8) is 0 Å². The van der Waals surface area contributed by atoms with E-state index in [1.807, 2.05) is 19.1 Å². The predicted octanol–water partition coefficient (Wildman–Crippen LogP) is 1.73. The lowest BCUT2D eigenvalue weighted by Crippen LogP contribution is -2.53. The van der Waals surface area contributed by atoms with Crippen LogP contribution in [0.3, 0.4) is 0 Å². The number of aliphatic hydroxyl groups excluding tert-OH is 1. The number of hydrogen-bond donors (Lipinski definition) is 1. The van der Waals surface area contributed by atoms with Crippen molar-refractivity contribution in [1.29, 1.82) is 0 Å². The molecule has 1 aromatic rings. The second kappa shape index (κ2) is 9.20. The third kappa shape index (κ3) is 5.02.